The Bertz CT molecular complexity index is 2080. The number of ether oxygens (including phenoxy) is 2. The lowest BCUT2D eigenvalue weighted by Gasteiger charge is -2.45. The molecule has 2 heterocycles. The van der Waals surface area contributed by atoms with Gasteiger partial charge in [0.2, 0.25) is 5.88 Å². The number of nitrogens with one attached hydrogen (secondary N) is 3. The maximum Gasteiger partial charge on any atom is 0.407 e. The lowest BCUT2D eigenvalue weighted by molar-refractivity contribution is 0.141. The molecule has 3 N–H and O–H groups in total. The molecule has 2 aliphatic carbocycles. The van der Waals surface area contributed by atoms with Crippen LogP contribution in [-0.2, 0) is 52.4 Å². The zero-order chi connectivity index (χ0) is 34.5. The largest absolute Gasteiger partial charge is 0.475 e. The van der Waals surface area contributed by atoms with Gasteiger partial charge in [-0.05, 0) is 64.6 Å². The van der Waals surface area contributed by atoms with E-state index in [1.54, 1.807) is 0 Å². The lowest BCUT2D eigenvalue weighted by Crippen LogP contribution is -2.55. The second kappa shape index (κ2) is 12.4. The summed E-state index contributed by atoms with van der Waals surface area (Å²) in [6.45, 7) is 0.217. The molecule has 2 atom stereocenters. The van der Waals surface area contributed by atoms with Crippen LogP contribution >= 0.6 is 0 Å². The van der Waals surface area contributed by atoms with E-state index in [0.717, 1.165) is 42.5 Å². The summed E-state index contributed by atoms with van der Waals surface area (Å²) in [5.41, 5.74) is 5.75. The number of amides is 3. The van der Waals surface area contributed by atoms with Gasteiger partial charge in [0.15, 0.2) is 9.92 Å². The number of benzene rings is 4. The average molecular weight is 689 g/mol. The summed E-state index contributed by atoms with van der Waals surface area (Å²) in [5.74, 6) is 0.0988. The molecule has 0 radical (unpaired) electrons. The van der Waals surface area contributed by atoms with Crippen LogP contribution in [0.4, 0.5) is 15.3 Å². The minimum absolute atomic E-state index is 0.0268. The summed E-state index contributed by atoms with van der Waals surface area (Å²) in [5, 5.41) is 10.4. The standard InChI is InChI=1S/C38H36N6O5S/c1-48-37(46)41-30-23-43-35(49-24-30)33(22-40-43)50(39,47)44(36(45)42-34-31-19-17-25(31)21-26-18-20-32(26)34)38(27-11-5-2-6-12-27,28-13-7-3-8-14-28)29-15-9-4-10-16-29/h2-16,21-22,30,39H,17-20,23-24H2,1H3,(H,41,46)(H,42,45)/t30-,50?/m0/s1. The van der Waals surface area contributed by atoms with Gasteiger partial charge in [-0.25, -0.2) is 27.6 Å². The maximum atomic E-state index is 15.8. The van der Waals surface area contributed by atoms with Crippen LogP contribution < -0.4 is 15.4 Å². The summed E-state index contributed by atoms with van der Waals surface area (Å²) in [4.78, 5) is 27.2. The van der Waals surface area contributed by atoms with Crippen molar-refractivity contribution in [1.82, 2.24) is 19.4 Å². The minimum Gasteiger partial charge on any atom is -0.475 e. The van der Waals surface area contributed by atoms with Gasteiger partial charge in [-0.15, -0.1) is 0 Å². The molecule has 11 nitrogen and oxygen atoms in total. The van der Waals surface area contributed by atoms with Crippen LogP contribution in [0.15, 0.2) is 108 Å². The molecule has 3 aliphatic rings. The van der Waals surface area contributed by atoms with Gasteiger partial charge in [-0.2, -0.15) is 5.10 Å². The molecule has 4 aromatic carbocycles. The number of nitrogens with zero attached hydrogens (tertiary/aromatic N) is 3. The first-order valence-electron chi connectivity index (χ1n) is 16.6. The van der Waals surface area contributed by atoms with Crippen molar-refractivity contribution < 1.29 is 23.3 Å². The first-order chi connectivity index (χ1) is 24.3. The van der Waals surface area contributed by atoms with Crippen LogP contribution in [0.3, 0.4) is 0 Å². The predicted octanol–water partition coefficient (Wildman–Crippen LogP) is 6.04. The number of carbonyl (C=O) groups is 2. The fourth-order valence-corrected chi connectivity index (χ4v) is 9.17. The summed E-state index contributed by atoms with van der Waals surface area (Å²) < 4.78 is 39.2. The Hall–Kier alpha value is -5.62. The van der Waals surface area contributed by atoms with Gasteiger partial charge in [-0.1, -0.05) is 97.1 Å². The van der Waals surface area contributed by atoms with Gasteiger partial charge in [-0.3, -0.25) is 0 Å². The highest BCUT2D eigenvalue weighted by Crippen LogP contribution is 2.48. The number of aromatic nitrogens is 2. The number of hydrogen-bond acceptors (Lipinski definition) is 7. The summed E-state index contributed by atoms with van der Waals surface area (Å²) in [6.07, 6.45) is 4.27. The quantitative estimate of drug-likeness (QED) is 0.170. The van der Waals surface area contributed by atoms with Crippen molar-refractivity contribution in [3.05, 3.63) is 142 Å². The van der Waals surface area contributed by atoms with Gasteiger partial charge in [0.1, 0.15) is 17.0 Å². The van der Waals surface area contributed by atoms with Gasteiger partial charge < -0.3 is 20.1 Å². The zero-order valence-corrected chi connectivity index (χ0v) is 28.2. The molecule has 8 rings (SSSR count). The molecule has 0 bridgehead atoms. The number of alkyl carbamates (subject to hydrolysis) is 1. The molecule has 0 fully saturated rings. The molecule has 0 saturated heterocycles. The number of hydrogen-bond donors (Lipinski definition) is 3. The highest BCUT2D eigenvalue weighted by Gasteiger charge is 2.51. The molecular weight excluding hydrogens is 653 g/mol. The molecular formula is C38H36N6O5S. The molecule has 1 aromatic heterocycles. The van der Waals surface area contributed by atoms with Crippen molar-refractivity contribution >= 4 is 27.7 Å². The van der Waals surface area contributed by atoms with Crippen LogP contribution in [0, 0.1) is 4.78 Å². The molecule has 12 heteroatoms. The SMILES string of the molecule is COC(=O)N[C@@H]1COc2c(S(=N)(=O)N(C(=O)Nc3c4c(cc5c3CC5)CC4)C(c3ccccc3)(c3ccccc3)c3ccccc3)cnn2C1. The number of carbonyl (C=O) groups excluding carboxylic acids is 2. The predicted molar refractivity (Wildman–Crippen MR) is 188 cm³/mol. The molecule has 0 saturated carbocycles. The third-order valence-corrected chi connectivity index (χ3v) is 11.8. The van der Waals surface area contributed by atoms with Gasteiger partial charge in [0.05, 0.1) is 25.9 Å². The number of urea groups is 1. The Labute approximate surface area is 290 Å². The number of rotatable bonds is 8. The van der Waals surface area contributed by atoms with Gasteiger partial charge in [0.25, 0.3) is 0 Å². The van der Waals surface area contributed by atoms with Crippen LogP contribution in [0.2, 0.25) is 0 Å². The first kappa shape index (κ1) is 31.6. The van der Waals surface area contributed by atoms with Crippen LogP contribution in [-0.4, -0.2) is 50.2 Å². The number of methoxy groups -OCH3 is 1. The number of anilines is 1. The van der Waals surface area contributed by atoms with E-state index in [4.69, 9.17) is 9.47 Å². The Morgan fingerprint density at radius 1 is 0.900 bits per heavy atom. The Kier molecular flexibility index (Phi) is 7.82. The summed E-state index contributed by atoms with van der Waals surface area (Å²) in [6, 6.07) is 29.3. The lowest BCUT2D eigenvalue weighted by atomic mass is 9.76. The highest BCUT2D eigenvalue weighted by molar-refractivity contribution is 7.90. The molecule has 1 unspecified atom stereocenters. The first-order valence-corrected chi connectivity index (χ1v) is 18.1. The van der Waals surface area contributed by atoms with E-state index in [1.165, 1.54) is 33.4 Å². The van der Waals surface area contributed by atoms with Crippen molar-refractivity contribution in [3.8, 4) is 5.88 Å². The molecule has 50 heavy (non-hydrogen) atoms. The van der Waals surface area contributed by atoms with E-state index in [0.29, 0.717) is 16.7 Å². The van der Waals surface area contributed by atoms with Gasteiger partial charge in [0, 0.05) is 5.69 Å². The van der Waals surface area contributed by atoms with E-state index in [-0.39, 0.29) is 23.9 Å². The van der Waals surface area contributed by atoms with Crippen molar-refractivity contribution in [2.24, 2.45) is 0 Å². The third-order valence-electron chi connectivity index (χ3n) is 9.95. The Morgan fingerprint density at radius 2 is 1.44 bits per heavy atom. The van der Waals surface area contributed by atoms with E-state index >= 15 is 9.00 Å². The van der Waals surface area contributed by atoms with Crippen molar-refractivity contribution in [2.45, 2.75) is 48.7 Å². The smallest absolute Gasteiger partial charge is 0.407 e. The van der Waals surface area contributed by atoms with E-state index in [1.807, 2.05) is 91.0 Å². The fraction of sp³-hybridized carbons (Fsp3) is 0.237. The van der Waals surface area contributed by atoms with Crippen molar-refractivity contribution in [3.63, 3.8) is 0 Å². The Morgan fingerprint density at radius 3 is 1.92 bits per heavy atom. The molecule has 0 spiro atoms. The van der Waals surface area contributed by atoms with Crippen molar-refractivity contribution in [1.29, 1.82) is 4.78 Å². The molecule has 1 aliphatic heterocycles. The monoisotopic (exact) mass is 688 g/mol. The van der Waals surface area contributed by atoms with E-state index in [9.17, 15) is 9.57 Å². The topological polar surface area (TPSA) is 139 Å². The number of aryl methyl sites for hydroxylation is 2. The highest BCUT2D eigenvalue weighted by atomic mass is 32.2. The van der Waals surface area contributed by atoms with Crippen molar-refractivity contribution in [2.75, 3.05) is 19.0 Å². The van der Waals surface area contributed by atoms with Crippen LogP contribution in [0.5, 0.6) is 5.88 Å². The molecule has 5 aromatic rings. The molecule has 254 valence electrons. The average Bonchev–Trinajstić information content (AvgIpc) is 3.54. The number of fused-ring (bicyclic) bond motifs is 3. The summed E-state index contributed by atoms with van der Waals surface area (Å²) in [7, 11) is -3.00. The molecule has 3 amide bonds. The van der Waals surface area contributed by atoms with Crippen LogP contribution in [0.25, 0.3) is 0 Å². The second-order valence-electron chi connectivity index (χ2n) is 12.7. The van der Waals surface area contributed by atoms with E-state index in [2.05, 4.69) is 21.8 Å². The normalized spacial score (nSPS) is 16.9. The zero-order valence-electron chi connectivity index (χ0n) is 27.4. The second-order valence-corrected chi connectivity index (χ2v) is 14.6. The maximum absolute atomic E-state index is 15.8. The minimum atomic E-state index is -4.27. The van der Waals surface area contributed by atoms with Crippen LogP contribution in [0.1, 0.15) is 38.9 Å². The summed E-state index contributed by atoms with van der Waals surface area (Å²) >= 11 is 0. The Balaban J connectivity index is 1.35. The van der Waals surface area contributed by atoms with E-state index < -0.39 is 33.6 Å². The van der Waals surface area contributed by atoms with Gasteiger partial charge >= 0.3 is 12.1 Å². The fourth-order valence-electron chi connectivity index (χ4n) is 7.41. The third kappa shape index (κ3) is 5.01.